The first-order chi connectivity index (χ1) is 12.4. The second-order valence-corrected chi connectivity index (χ2v) is 9.87. The highest BCUT2D eigenvalue weighted by molar-refractivity contribution is 9.09. The Bertz CT molecular complexity index is 540. The van der Waals surface area contributed by atoms with E-state index in [0.29, 0.717) is 26.9 Å². The molecule has 4 heteroatoms. The third-order valence-electron chi connectivity index (χ3n) is 4.32. The van der Waals surface area contributed by atoms with Gasteiger partial charge in [0.05, 0.1) is 0 Å². The average molecular weight is 488 g/mol. The fraction of sp³-hybridized carbons (Fsp3) is 0.591. The Hall–Kier alpha value is -0.610. The van der Waals surface area contributed by atoms with E-state index >= 15 is 0 Å². The van der Waals surface area contributed by atoms with Crippen LogP contribution < -0.4 is 4.74 Å². The topological polar surface area (TPSA) is 26.3 Å². The second-order valence-electron chi connectivity index (χ2n) is 7.01. The molecule has 1 aromatic carbocycles. The highest BCUT2D eigenvalue weighted by atomic mass is 79.9. The molecule has 0 amide bonds. The van der Waals surface area contributed by atoms with E-state index in [0.717, 1.165) is 12.8 Å². The molecule has 0 spiro atoms. The van der Waals surface area contributed by atoms with Gasteiger partial charge < -0.3 is 4.74 Å². The van der Waals surface area contributed by atoms with Crippen LogP contribution in [-0.2, 0) is 4.79 Å². The van der Waals surface area contributed by atoms with Crippen LogP contribution in [0.15, 0.2) is 42.0 Å². The van der Waals surface area contributed by atoms with Gasteiger partial charge in [-0.15, -0.1) is 0 Å². The number of benzene rings is 1. The van der Waals surface area contributed by atoms with Gasteiger partial charge >= 0.3 is 5.97 Å². The van der Waals surface area contributed by atoms with Gasteiger partial charge in [0.2, 0.25) is 0 Å². The van der Waals surface area contributed by atoms with Crippen molar-refractivity contribution in [1.82, 2.24) is 0 Å². The number of halogens is 2. The predicted molar refractivity (Wildman–Crippen MR) is 118 cm³/mol. The number of carbonyl (C=O) groups is 1. The summed E-state index contributed by atoms with van der Waals surface area (Å²) in [4.78, 5) is 13.3. The van der Waals surface area contributed by atoms with Crippen molar-refractivity contribution in [3.63, 3.8) is 0 Å². The van der Waals surface area contributed by atoms with Gasteiger partial charge in [0, 0.05) is 15.2 Å². The van der Waals surface area contributed by atoms with E-state index in [4.69, 9.17) is 4.74 Å². The van der Waals surface area contributed by atoms with E-state index in [9.17, 15) is 4.79 Å². The number of hydrogen-bond donors (Lipinski definition) is 0. The molecule has 3 unspecified atom stereocenters. The fourth-order valence-corrected chi connectivity index (χ4v) is 4.27. The maximum absolute atomic E-state index is 12.3. The monoisotopic (exact) mass is 486 g/mol. The maximum atomic E-state index is 12.3. The van der Waals surface area contributed by atoms with Gasteiger partial charge in [-0.3, -0.25) is 0 Å². The molecule has 0 saturated heterocycles. The summed E-state index contributed by atoms with van der Waals surface area (Å²) in [5.41, 5.74) is 0.678. The molecule has 0 aliphatic carbocycles. The Morgan fingerprint density at radius 3 is 2.42 bits per heavy atom. The third kappa shape index (κ3) is 10.5. The third-order valence-corrected chi connectivity index (χ3v) is 5.52. The van der Waals surface area contributed by atoms with Gasteiger partial charge in [-0.25, -0.2) is 4.79 Å². The highest BCUT2D eigenvalue weighted by Gasteiger charge is 2.17. The summed E-state index contributed by atoms with van der Waals surface area (Å²) < 4.78 is 5.45. The van der Waals surface area contributed by atoms with E-state index in [1.165, 1.54) is 32.1 Å². The Labute approximate surface area is 176 Å². The summed E-state index contributed by atoms with van der Waals surface area (Å²) in [7, 11) is 0. The van der Waals surface area contributed by atoms with Crippen LogP contribution >= 0.6 is 31.9 Å². The predicted octanol–water partition coefficient (Wildman–Crippen LogP) is 7.45. The Morgan fingerprint density at radius 1 is 1.12 bits per heavy atom. The molecule has 2 nitrogen and oxygen atoms in total. The number of hydrogen-bond acceptors (Lipinski definition) is 2. The number of para-hydroxylation sites is 1. The summed E-state index contributed by atoms with van der Waals surface area (Å²) in [6, 6.07) is 9.24. The largest absolute Gasteiger partial charge is 0.423 e. The minimum atomic E-state index is -0.266. The summed E-state index contributed by atoms with van der Waals surface area (Å²) in [5, 5.41) is 0. The number of unbranched alkanes of at least 4 members (excludes halogenated alkanes) is 3. The molecule has 0 aromatic heterocycles. The van der Waals surface area contributed by atoms with Crippen LogP contribution in [0.25, 0.3) is 0 Å². The van der Waals surface area contributed by atoms with Gasteiger partial charge in [-0.05, 0) is 44.2 Å². The van der Waals surface area contributed by atoms with Crippen LogP contribution in [0.5, 0.6) is 5.75 Å². The van der Waals surface area contributed by atoms with Crippen molar-refractivity contribution in [2.45, 2.75) is 75.4 Å². The normalized spacial score (nSPS) is 15.3. The molecule has 3 atom stereocenters. The van der Waals surface area contributed by atoms with E-state index in [1.54, 1.807) is 12.1 Å². The van der Waals surface area contributed by atoms with Crippen molar-refractivity contribution in [3.05, 3.63) is 42.0 Å². The Kier molecular flexibility index (Phi) is 12.2. The van der Waals surface area contributed by atoms with Gasteiger partial charge in [-0.1, -0.05) is 95.7 Å². The van der Waals surface area contributed by atoms with Crippen LogP contribution in [0.4, 0.5) is 0 Å². The zero-order chi connectivity index (χ0) is 19.4. The molecule has 0 fully saturated rings. The number of ether oxygens (including phenoxy) is 1. The molecule has 0 aliphatic rings. The standard InChI is InChI=1S/C22H32Br2O2/c1-4-5-6-8-11-20(24)16-19(15-18(3)23)14-17(2)22(25)26-21-12-9-7-10-13-21/h7,9-10,12-14,18-20H,4-6,8,11,15-16H2,1-3H3. The lowest BCUT2D eigenvalue weighted by Gasteiger charge is -2.19. The molecule has 0 aliphatic heterocycles. The lowest BCUT2D eigenvalue weighted by Crippen LogP contribution is -2.14. The van der Waals surface area contributed by atoms with Gasteiger partial charge in [-0.2, -0.15) is 0 Å². The summed E-state index contributed by atoms with van der Waals surface area (Å²) >= 11 is 7.50. The lowest BCUT2D eigenvalue weighted by atomic mass is 9.94. The molecule has 0 N–H and O–H groups in total. The lowest BCUT2D eigenvalue weighted by molar-refractivity contribution is -0.130. The number of carbonyl (C=O) groups excluding carboxylic acids is 1. The smallest absolute Gasteiger partial charge is 0.338 e. The number of allylic oxidation sites excluding steroid dienone is 1. The zero-order valence-corrected chi connectivity index (χ0v) is 19.4. The van der Waals surface area contributed by atoms with Crippen LogP contribution in [0, 0.1) is 5.92 Å². The van der Waals surface area contributed by atoms with Crippen molar-refractivity contribution in [3.8, 4) is 5.75 Å². The van der Waals surface area contributed by atoms with Crippen LogP contribution in [0.2, 0.25) is 0 Å². The Balaban J connectivity index is 2.62. The molecule has 26 heavy (non-hydrogen) atoms. The number of rotatable bonds is 12. The van der Waals surface area contributed by atoms with Gasteiger partial charge in [0.25, 0.3) is 0 Å². The minimum Gasteiger partial charge on any atom is -0.423 e. The van der Waals surface area contributed by atoms with E-state index in [1.807, 2.05) is 25.1 Å². The number of esters is 1. The van der Waals surface area contributed by atoms with Crippen molar-refractivity contribution >= 4 is 37.8 Å². The maximum Gasteiger partial charge on any atom is 0.338 e. The molecular formula is C22H32Br2O2. The van der Waals surface area contributed by atoms with Crippen molar-refractivity contribution in [1.29, 1.82) is 0 Å². The molecule has 146 valence electrons. The van der Waals surface area contributed by atoms with Crippen LogP contribution in [0.1, 0.15) is 65.7 Å². The molecule has 0 saturated carbocycles. The highest BCUT2D eigenvalue weighted by Crippen LogP contribution is 2.27. The first kappa shape index (κ1) is 23.4. The first-order valence-corrected chi connectivity index (χ1v) is 11.5. The SMILES string of the molecule is CCCCCCC(Br)CC(C=C(C)C(=O)Oc1ccccc1)CC(C)Br. The van der Waals surface area contributed by atoms with E-state index in [-0.39, 0.29) is 5.97 Å². The van der Waals surface area contributed by atoms with Crippen LogP contribution in [-0.4, -0.2) is 15.6 Å². The van der Waals surface area contributed by atoms with Gasteiger partial charge in [0.15, 0.2) is 0 Å². The summed E-state index contributed by atoms with van der Waals surface area (Å²) in [6.45, 7) is 6.24. The average Bonchev–Trinajstić information content (AvgIpc) is 2.59. The molecular weight excluding hydrogens is 456 g/mol. The molecule has 0 heterocycles. The fourth-order valence-electron chi connectivity index (χ4n) is 2.99. The first-order valence-electron chi connectivity index (χ1n) is 9.66. The van der Waals surface area contributed by atoms with Crippen molar-refractivity contribution in [2.75, 3.05) is 0 Å². The molecule has 0 radical (unpaired) electrons. The second kappa shape index (κ2) is 13.5. The number of alkyl halides is 2. The van der Waals surface area contributed by atoms with E-state index in [2.05, 4.69) is 51.8 Å². The summed E-state index contributed by atoms with van der Waals surface area (Å²) in [5.74, 6) is 0.672. The molecule has 1 aromatic rings. The van der Waals surface area contributed by atoms with Gasteiger partial charge in [0.1, 0.15) is 5.75 Å². The Morgan fingerprint density at radius 2 is 1.81 bits per heavy atom. The van der Waals surface area contributed by atoms with Crippen LogP contribution in [0.3, 0.4) is 0 Å². The van der Waals surface area contributed by atoms with Crippen molar-refractivity contribution < 1.29 is 9.53 Å². The minimum absolute atomic E-state index is 0.266. The molecule has 0 bridgehead atoms. The molecule has 1 rings (SSSR count). The quantitative estimate of drug-likeness (QED) is 0.100. The van der Waals surface area contributed by atoms with E-state index < -0.39 is 0 Å². The summed E-state index contributed by atoms with van der Waals surface area (Å²) in [6.07, 6.45) is 10.5. The van der Waals surface area contributed by atoms with Crippen molar-refractivity contribution in [2.24, 2.45) is 5.92 Å². The zero-order valence-electron chi connectivity index (χ0n) is 16.2.